The number of ether oxygens (including phenoxy) is 1. The first kappa shape index (κ1) is 22.8. The van der Waals surface area contributed by atoms with E-state index < -0.39 is 10.0 Å². The highest BCUT2D eigenvalue weighted by Gasteiger charge is 2.27. The minimum absolute atomic E-state index is 0.185. The van der Waals surface area contributed by atoms with E-state index in [0.29, 0.717) is 25.2 Å². The lowest BCUT2D eigenvalue weighted by atomic mass is 10.1. The van der Waals surface area contributed by atoms with Gasteiger partial charge in [-0.3, -0.25) is 4.79 Å². The summed E-state index contributed by atoms with van der Waals surface area (Å²) in [7, 11) is -3.58. The number of hydrogen-bond donors (Lipinski definition) is 1. The fourth-order valence-electron chi connectivity index (χ4n) is 4.18. The summed E-state index contributed by atoms with van der Waals surface area (Å²) in [4.78, 5) is 15.3. The van der Waals surface area contributed by atoms with Crippen LogP contribution in [-0.2, 0) is 21.3 Å². The number of nitrogens with zero attached hydrogens (tertiary/aromatic N) is 2. The van der Waals surface area contributed by atoms with Gasteiger partial charge in [-0.05, 0) is 55.2 Å². The zero-order chi connectivity index (χ0) is 22.6. The summed E-state index contributed by atoms with van der Waals surface area (Å²) >= 11 is 0. The Morgan fingerprint density at radius 3 is 2.34 bits per heavy atom. The van der Waals surface area contributed by atoms with Crippen LogP contribution in [0.4, 0.5) is 5.69 Å². The predicted molar refractivity (Wildman–Crippen MR) is 124 cm³/mol. The maximum atomic E-state index is 13.0. The number of carbonyl (C=O) groups excluding carboxylic acids is 1. The first-order valence-corrected chi connectivity index (χ1v) is 12.7. The second-order valence-corrected chi connectivity index (χ2v) is 10.3. The van der Waals surface area contributed by atoms with Crippen molar-refractivity contribution in [2.75, 3.05) is 44.3 Å². The van der Waals surface area contributed by atoms with E-state index in [9.17, 15) is 13.2 Å². The van der Waals surface area contributed by atoms with E-state index in [0.717, 1.165) is 62.4 Å². The lowest BCUT2D eigenvalue weighted by molar-refractivity contribution is 0.0950. The van der Waals surface area contributed by atoms with Crippen LogP contribution in [-0.4, -0.2) is 58.0 Å². The molecule has 172 valence electrons. The SMILES string of the molecule is Cc1ccc(S(=O)(=O)N2CCCCC2)cc1C(=O)NCc1ccc(N2CCOCC2)cc1. The average Bonchev–Trinajstić information content (AvgIpc) is 2.84. The van der Waals surface area contributed by atoms with Crippen LogP contribution in [0.15, 0.2) is 47.4 Å². The molecule has 7 nitrogen and oxygen atoms in total. The van der Waals surface area contributed by atoms with Crippen LogP contribution < -0.4 is 10.2 Å². The van der Waals surface area contributed by atoms with E-state index >= 15 is 0 Å². The molecular formula is C24H31N3O4S. The minimum atomic E-state index is -3.58. The van der Waals surface area contributed by atoms with E-state index in [4.69, 9.17) is 4.74 Å². The summed E-state index contributed by atoms with van der Waals surface area (Å²) in [6.45, 7) is 6.52. The van der Waals surface area contributed by atoms with Crippen molar-refractivity contribution >= 4 is 21.6 Å². The fourth-order valence-corrected chi connectivity index (χ4v) is 5.73. The standard InChI is InChI=1S/C24H31N3O4S/c1-19-5-10-22(32(29,30)27-11-3-2-4-12-27)17-23(19)24(28)25-18-20-6-8-21(9-7-20)26-13-15-31-16-14-26/h5-10,17H,2-4,11-16,18H2,1H3,(H,25,28). The van der Waals surface area contributed by atoms with Crippen LogP contribution in [0, 0.1) is 6.92 Å². The van der Waals surface area contributed by atoms with Gasteiger partial charge in [-0.2, -0.15) is 4.31 Å². The first-order chi connectivity index (χ1) is 15.4. The Kier molecular flexibility index (Phi) is 7.13. The summed E-state index contributed by atoms with van der Waals surface area (Å²) in [5.41, 5.74) is 3.29. The number of aryl methyl sites for hydroxylation is 1. The third kappa shape index (κ3) is 5.14. The second-order valence-electron chi connectivity index (χ2n) is 8.39. The molecule has 8 heteroatoms. The molecule has 2 aromatic rings. The minimum Gasteiger partial charge on any atom is -0.378 e. The molecule has 0 bridgehead atoms. The zero-order valence-corrected chi connectivity index (χ0v) is 19.4. The van der Waals surface area contributed by atoms with Crippen molar-refractivity contribution in [1.82, 2.24) is 9.62 Å². The highest BCUT2D eigenvalue weighted by Crippen LogP contribution is 2.23. The molecule has 2 saturated heterocycles. The van der Waals surface area contributed by atoms with Crippen molar-refractivity contribution in [3.63, 3.8) is 0 Å². The van der Waals surface area contributed by atoms with Crippen molar-refractivity contribution in [3.05, 3.63) is 59.2 Å². The van der Waals surface area contributed by atoms with E-state index in [2.05, 4.69) is 22.3 Å². The number of anilines is 1. The van der Waals surface area contributed by atoms with Crippen LogP contribution in [0.25, 0.3) is 0 Å². The van der Waals surface area contributed by atoms with Gasteiger partial charge in [-0.25, -0.2) is 8.42 Å². The molecule has 0 spiro atoms. The van der Waals surface area contributed by atoms with Gasteiger partial charge >= 0.3 is 0 Å². The highest BCUT2D eigenvalue weighted by molar-refractivity contribution is 7.89. The number of morpholine rings is 1. The van der Waals surface area contributed by atoms with Crippen LogP contribution >= 0.6 is 0 Å². The van der Waals surface area contributed by atoms with Gasteiger partial charge in [0.2, 0.25) is 10.0 Å². The zero-order valence-electron chi connectivity index (χ0n) is 18.5. The maximum Gasteiger partial charge on any atom is 0.251 e. The number of rotatable bonds is 6. The Hall–Kier alpha value is -2.42. The Morgan fingerprint density at radius 2 is 1.66 bits per heavy atom. The van der Waals surface area contributed by atoms with Gasteiger partial charge in [0.05, 0.1) is 18.1 Å². The average molecular weight is 458 g/mol. The summed E-state index contributed by atoms with van der Waals surface area (Å²) < 4.78 is 32.9. The number of nitrogens with one attached hydrogen (secondary N) is 1. The molecule has 0 saturated carbocycles. The molecule has 32 heavy (non-hydrogen) atoms. The molecule has 2 fully saturated rings. The van der Waals surface area contributed by atoms with Crippen LogP contribution in [0.3, 0.4) is 0 Å². The molecule has 2 aliphatic rings. The molecule has 0 aromatic heterocycles. The van der Waals surface area contributed by atoms with Crippen molar-refractivity contribution < 1.29 is 17.9 Å². The quantitative estimate of drug-likeness (QED) is 0.722. The lowest BCUT2D eigenvalue weighted by Crippen LogP contribution is -2.36. The molecule has 0 unspecified atom stereocenters. The van der Waals surface area contributed by atoms with Crippen molar-refractivity contribution in [3.8, 4) is 0 Å². The van der Waals surface area contributed by atoms with Crippen LogP contribution in [0.1, 0.15) is 40.7 Å². The van der Waals surface area contributed by atoms with Crippen molar-refractivity contribution in [2.45, 2.75) is 37.6 Å². The highest BCUT2D eigenvalue weighted by atomic mass is 32.2. The summed E-state index contributed by atoms with van der Waals surface area (Å²) in [6, 6.07) is 13.0. The number of piperidine rings is 1. The topological polar surface area (TPSA) is 79.0 Å². The van der Waals surface area contributed by atoms with E-state index in [1.807, 2.05) is 19.1 Å². The number of amides is 1. The van der Waals surface area contributed by atoms with Crippen molar-refractivity contribution in [2.24, 2.45) is 0 Å². The van der Waals surface area contributed by atoms with Crippen LogP contribution in [0.2, 0.25) is 0 Å². The van der Waals surface area contributed by atoms with Gasteiger partial charge in [-0.1, -0.05) is 24.6 Å². The Labute approximate surface area is 190 Å². The molecule has 0 radical (unpaired) electrons. The first-order valence-electron chi connectivity index (χ1n) is 11.3. The summed E-state index contributed by atoms with van der Waals surface area (Å²) in [6.07, 6.45) is 2.81. The summed E-state index contributed by atoms with van der Waals surface area (Å²) in [5, 5.41) is 2.93. The predicted octanol–water partition coefficient (Wildman–Crippen LogP) is 2.94. The molecular weight excluding hydrogens is 426 g/mol. The molecule has 1 N–H and O–H groups in total. The van der Waals surface area contributed by atoms with Gasteiger partial charge in [-0.15, -0.1) is 0 Å². The Bertz CT molecular complexity index is 1040. The van der Waals surface area contributed by atoms with Gasteiger partial charge in [0.15, 0.2) is 0 Å². The second kappa shape index (κ2) is 10.0. The van der Waals surface area contributed by atoms with Gasteiger partial charge < -0.3 is 15.0 Å². The smallest absolute Gasteiger partial charge is 0.251 e. The lowest BCUT2D eigenvalue weighted by Gasteiger charge is -2.28. The molecule has 2 aliphatic heterocycles. The molecule has 0 atom stereocenters. The number of sulfonamides is 1. The molecule has 4 rings (SSSR count). The largest absolute Gasteiger partial charge is 0.378 e. The monoisotopic (exact) mass is 457 g/mol. The normalized spacial score (nSPS) is 17.8. The number of hydrogen-bond acceptors (Lipinski definition) is 5. The Morgan fingerprint density at radius 1 is 0.969 bits per heavy atom. The van der Waals surface area contributed by atoms with Gasteiger partial charge in [0, 0.05) is 44.0 Å². The number of benzene rings is 2. The molecule has 0 aliphatic carbocycles. The van der Waals surface area contributed by atoms with Gasteiger partial charge in [0.25, 0.3) is 5.91 Å². The third-order valence-corrected chi connectivity index (χ3v) is 8.07. The van der Waals surface area contributed by atoms with Crippen LogP contribution in [0.5, 0.6) is 0 Å². The van der Waals surface area contributed by atoms with Gasteiger partial charge in [0.1, 0.15) is 0 Å². The van der Waals surface area contributed by atoms with E-state index in [1.54, 1.807) is 12.1 Å². The summed E-state index contributed by atoms with van der Waals surface area (Å²) in [5.74, 6) is -0.268. The fraction of sp³-hybridized carbons (Fsp3) is 0.458. The molecule has 2 heterocycles. The van der Waals surface area contributed by atoms with E-state index in [1.165, 1.54) is 10.4 Å². The van der Waals surface area contributed by atoms with Crippen molar-refractivity contribution in [1.29, 1.82) is 0 Å². The van der Waals surface area contributed by atoms with E-state index in [-0.39, 0.29) is 10.8 Å². The maximum absolute atomic E-state index is 13.0. The molecule has 2 aromatic carbocycles. The third-order valence-electron chi connectivity index (χ3n) is 6.17. The molecule has 1 amide bonds. The number of carbonyl (C=O) groups is 1. The Balaban J connectivity index is 1.42.